The molecular weight excluding hydrogens is 441 g/mol. The fourth-order valence-corrected chi connectivity index (χ4v) is 3.02. The van der Waals surface area contributed by atoms with Gasteiger partial charge in [-0.3, -0.25) is 0 Å². The Bertz CT molecular complexity index is 292. The van der Waals surface area contributed by atoms with E-state index in [1.807, 2.05) is 0 Å². The monoisotopic (exact) mass is 485 g/mol. The van der Waals surface area contributed by atoms with E-state index in [9.17, 15) is 0 Å². The maximum absolute atomic E-state index is 5.64. The lowest BCUT2D eigenvalue weighted by molar-refractivity contribution is -0.870. The molecule has 0 aromatic carbocycles. The Morgan fingerprint density at radius 1 is 0.720 bits per heavy atom. The summed E-state index contributed by atoms with van der Waals surface area (Å²) in [5, 5.41) is 0.812. The minimum Gasteiger partial charge on any atom is -1.00 e. The van der Waals surface area contributed by atoms with Crippen LogP contribution in [-0.2, 0) is 4.74 Å². The van der Waals surface area contributed by atoms with Gasteiger partial charge in [-0.25, -0.2) is 0 Å². The Kier molecular flexibility index (Phi) is 21.5. The Morgan fingerprint density at radius 2 is 1.12 bits per heavy atom. The summed E-state index contributed by atoms with van der Waals surface area (Å²) in [7, 11) is 6.54. The zero-order valence-electron chi connectivity index (χ0n) is 17.5. The lowest BCUT2D eigenvalue weighted by Crippen LogP contribution is -3.00. The number of hydrogen-bond acceptors (Lipinski definition) is 2. The molecule has 0 heterocycles. The predicted octanol–water partition coefficient (Wildman–Crippen LogP) is 3.52. The number of quaternary nitrogens is 1. The van der Waals surface area contributed by atoms with E-state index in [1.54, 1.807) is 0 Å². The van der Waals surface area contributed by atoms with Gasteiger partial charge in [0.25, 0.3) is 0 Å². The zero-order chi connectivity index (χ0) is 18.1. The Morgan fingerprint density at radius 3 is 1.52 bits per heavy atom. The standard InChI is InChI=1S/C21H44NOS.HI/c1-5-6-7-8-9-10-11-12-13-14-15-16-17-18-21(24)23-20-19-22(2,3)4;/h5-20H2,1-4H3;1H/q+1;/p-1. The Labute approximate surface area is 181 Å². The highest BCUT2D eigenvalue weighted by Crippen LogP contribution is 2.13. The van der Waals surface area contributed by atoms with Crippen molar-refractivity contribution in [2.75, 3.05) is 34.3 Å². The second-order valence-electron chi connectivity index (χ2n) is 8.23. The number of nitrogens with zero attached hydrogens (tertiary/aromatic N) is 1. The fraction of sp³-hybridized carbons (Fsp3) is 0.952. The summed E-state index contributed by atoms with van der Waals surface area (Å²) in [4.78, 5) is 0. The molecule has 25 heavy (non-hydrogen) atoms. The van der Waals surface area contributed by atoms with Crippen molar-refractivity contribution in [3.8, 4) is 0 Å². The summed E-state index contributed by atoms with van der Waals surface area (Å²) >= 11 is 5.30. The Hall–Kier alpha value is 0.580. The molecule has 0 aromatic rings. The van der Waals surface area contributed by atoms with Crippen LogP contribution in [0.5, 0.6) is 0 Å². The van der Waals surface area contributed by atoms with E-state index in [-0.39, 0.29) is 24.0 Å². The van der Waals surface area contributed by atoms with Crippen LogP contribution in [0.4, 0.5) is 0 Å². The third-order valence-corrected chi connectivity index (χ3v) is 4.83. The smallest absolute Gasteiger partial charge is 0.160 e. The molecule has 0 saturated carbocycles. The van der Waals surface area contributed by atoms with Gasteiger partial charge < -0.3 is 33.2 Å². The lowest BCUT2D eigenvalue weighted by atomic mass is 10.0. The van der Waals surface area contributed by atoms with Crippen molar-refractivity contribution >= 4 is 17.3 Å². The molecule has 0 unspecified atom stereocenters. The molecule has 0 aliphatic heterocycles. The van der Waals surface area contributed by atoms with Gasteiger partial charge in [-0.1, -0.05) is 84.0 Å². The van der Waals surface area contributed by atoms with Crippen LogP contribution in [0.2, 0.25) is 0 Å². The van der Waals surface area contributed by atoms with E-state index >= 15 is 0 Å². The van der Waals surface area contributed by atoms with Crippen LogP contribution < -0.4 is 24.0 Å². The van der Waals surface area contributed by atoms with Gasteiger partial charge in [-0.2, -0.15) is 0 Å². The van der Waals surface area contributed by atoms with E-state index < -0.39 is 0 Å². The number of rotatable bonds is 17. The van der Waals surface area contributed by atoms with Crippen molar-refractivity contribution in [1.29, 1.82) is 0 Å². The summed E-state index contributed by atoms with van der Waals surface area (Å²) in [5.74, 6) is 0. The van der Waals surface area contributed by atoms with E-state index in [1.165, 1.54) is 83.5 Å². The molecule has 4 heteroatoms. The van der Waals surface area contributed by atoms with Crippen LogP contribution in [0.15, 0.2) is 0 Å². The molecule has 0 saturated heterocycles. The average Bonchev–Trinajstić information content (AvgIpc) is 2.50. The second kappa shape index (κ2) is 19.3. The van der Waals surface area contributed by atoms with Gasteiger partial charge in [0, 0.05) is 6.42 Å². The van der Waals surface area contributed by atoms with Crippen LogP contribution in [0, 0.1) is 0 Å². The van der Waals surface area contributed by atoms with Crippen molar-refractivity contribution in [3.63, 3.8) is 0 Å². The highest BCUT2D eigenvalue weighted by atomic mass is 127. The molecule has 0 spiro atoms. The van der Waals surface area contributed by atoms with Gasteiger partial charge in [-0.15, -0.1) is 0 Å². The molecule has 0 N–H and O–H groups in total. The zero-order valence-corrected chi connectivity index (χ0v) is 20.4. The molecule has 0 rings (SSSR count). The molecule has 0 aromatic heterocycles. The third kappa shape index (κ3) is 24.6. The molecule has 0 aliphatic carbocycles. The maximum atomic E-state index is 5.64. The van der Waals surface area contributed by atoms with Crippen LogP contribution in [0.25, 0.3) is 0 Å². The topological polar surface area (TPSA) is 9.23 Å². The van der Waals surface area contributed by atoms with E-state index in [0.717, 1.165) is 29.1 Å². The molecule has 0 radical (unpaired) electrons. The van der Waals surface area contributed by atoms with Gasteiger partial charge in [0.1, 0.15) is 13.2 Å². The fourth-order valence-electron chi connectivity index (χ4n) is 2.79. The second-order valence-corrected chi connectivity index (χ2v) is 8.68. The number of hydrogen-bond donors (Lipinski definition) is 0. The van der Waals surface area contributed by atoms with Crippen molar-refractivity contribution in [2.24, 2.45) is 0 Å². The van der Waals surface area contributed by atoms with Crippen molar-refractivity contribution < 1.29 is 33.2 Å². The van der Waals surface area contributed by atoms with Gasteiger partial charge >= 0.3 is 0 Å². The molecular formula is C21H44INOS. The summed E-state index contributed by atoms with van der Waals surface area (Å²) in [6, 6.07) is 0. The predicted molar refractivity (Wildman–Crippen MR) is 112 cm³/mol. The van der Waals surface area contributed by atoms with Gasteiger partial charge in [0.15, 0.2) is 5.05 Å². The largest absolute Gasteiger partial charge is 1.00 e. The lowest BCUT2D eigenvalue weighted by Gasteiger charge is -2.23. The number of unbranched alkanes of at least 4 members (excludes halogenated alkanes) is 12. The first-order valence-corrected chi connectivity index (χ1v) is 10.8. The van der Waals surface area contributed by atoms with Crippen molar-refractivity contribution in [3.05, 3.63) is 0 Å². The summed E-state index contributed by atoms with van der Waals surface area (Å²) in [5.41, 5.74) is 0. The summed E-state index contributed by atoms with van der Waals surface area (Å²) in [6.07, 6.45) is 19.1. The first kappa shape index (κ1) is 27.8. The minimum absolute atomic E-state index is 0. The normalized spacial score (nSPS) is 11.2. The molecule has 0 atom stereocenters. The first-order chi connectivity index (χ1) is 11.5. The summed E-state index contributed by atoms with van der Waals surface area (Å²) in [6.45, 7) is 4.05. The van der Waals surface area contributed by atoms with E-state index in [2.05, 4.69) is 28.1 Å². The van der Waals surface area contributed by atoms with Crippen LogP contribution in [0.1, 0.15) is 96.8 Å². The summed E-state index contributed by atoms with van der Waals surface area (Å²) < 4.78 is 6.57. The highest BCUT2D eigenvalue weighted by molar-refractivity contribution is 7.80. The number of likely N-dealkylation sites (N-methyl/N-ethyl adjacent to an activating group) is 1. The van der Waals surface area contributed by atoms with E-state index in [4.69, 9.17) is 17.0 Å². The number of thiocarbonyl (C=S) groups is 1. The molecule has 0 bridgehead atoms. The van der Waals surface area contributed by atoms with Gasteiger partial charge in [-0.05, 0) is 18.6 Å². The van der Waals surface area contributed by atoms with Crippen LogP contribution in [0.3, 0.4) is 0 Å². The third-order valence-electron chi connectivity index (χ3n) is 4.51. The minimum atomic E-state index is 0. The van der Waals surface area contributed by atoms with E-state index in [0.29, 0.717) is 0 Å². The molecule has 152 valence electrons. The first-order valence-electron chi connectivity index (χ1n) is 10.4. The Balaban J connectivity index is 0. The quantitative estimate of drug-likeness (QED) is 0.135. The number of halogens is 1. The van der Waals surface area contributed by atoms with Crippen molar-refractivity contribution in [1.82, 2.24) is 0 Å². The molecule has 0 fully saturated rings. The SMILES string of the molecule is CCCCCCCCCCCCCCCC(=S)OCC[N+](C)(C)C.[I-]. The average molecular weight is 486 g/mol. The van der Waals surface area contributed by atoms with Crippen LogP contribution in [-0.4, -0.2) is 43.8 Å². The highest BCUT2D eigenvalue weighted by Gasteiger charge is 2.07. The van der Waals surface area contributed by atoms with Gasteiger partial charge in [0.2, 0.25) is 0 Å². The number of ether oxygens (including phenoxy) is 1. The van der Waals surface area contributed by atoms with Crippen LogP contribution >= 0.6 is 12.2 Å². The van der Waals surface area contributed by atoms with Crippen molar-refractivity contribution in [2.45, 2.75) is 96.8 Å². The molecule has 0 amide bonds. The maximum Gasteiger partial charge on any atom is 0.160 e. The molecule has 0 aliphatic rings. The molecule has 2 nitrogen and oxygen atoms in total. The van der Waals surface area contributed by atoms with Gasteiger partial charge in [0.05, 0.1) is 21.1 Å².